The summed E-state index contributed by atoms with van der Waals surface area (Å²) in [5, 5.41) is 4.79. The van der Waals surface area contributed by atoms with Crippen molar-refractivity contribution >= 4 is 29.0 Å². The Labute approximate surface area is 163 Å². The summed E-state index contributed by atoms with van der Waals surface area (Å²) in [6.07, 6.45) is -4.36. The molecular formula is C20H16F3NOS2. The van der Waals surface area contributed by atoms with Crippen molar-refractivity contribution in [3.05, 3.63) is 87.6 Å². The topological polar surface area (TPSA) is 29.1 Å². The van der Waals surface area contributed by atoms with Gasteiger partial charge in [-0.15, -0.1) is 23.1 Å². The fraction of sp³-hybridized carbons (Fsp3) is 0.150. The molecule has 0 aliphatic carbocycles. The van der Waals surface area contributed by atoms with Crippen LogP contribution in [0, 0.1) is 0 Å². The molecule has 0 spiro atoms. The molecule has 1 N–H and O–H groups in total. The molecule has 1 heterocycles. The molecule has 27 heavy (non-hydrogen) atoms. The van der Waals surface area contributed by atoms with Crippen LogP contribution in [0.15, 0.2) is 70.9 Å². The van der Waals surface area contributed by atoms with E-state index in [1.165, 1.54) is 17.0 Å². The number of rotatable bonds is 6. The third kappa shape index (κ3) is 5.37. The van der Waals surface area contributed by atoms with Gasteiger partial charge in [0.2, 0.25) is 0 Å². The summed E-state index contributed by atoms with van der Waals surface area (Å²) in [5.41, 5.74) is 0.471. The Bertz CT molecular complexity index is 890. The standard InChI is InChI=1S/C20H16F3NOS2/c21-20(22,23)15-9-7-14(8-10-15)12-24-19(25)17-5-1-2-6-18(17)27-13-16-4-3-11-26-16/h1-11H,12-13H2,(H,24,25). The fourth-order valence-electron chi connectivity index (χ4n) is 2.41. The average molecular weight is 407 g/mol. The van der Waals surface area contributed by atoms with Crippen LogP contribution in [0.1, 0.15) is 26.4 Å². The number of thiophene rings is 1. The van der Waals surface area contributed by atoms with Gasteiger partial charge in [0.05, 0.1) is 11.1 Å². The highest BCUT2D eigenvalue weighted by molar-refractivity contribution is 7.98. The second kappa shape index (κ2) is 8.63. The van der Waals surface area contributed by atoms with E-state index in [2.05, 4.69) is 5.32 Å². The van der Waals surface area contributed by atoms with Gasteiger partial charge in [-0.3, -0.25) is 4.79 Å². The number of thioether (sulfide) groups is 1. The molecule has 0 saturated carbocycles. The lowest BCUT2D eigenvalue weighted by Gasteiger charge is -2.11. The van der Waals surface area contributed by atoms with Gasteiger partial charge in [-0.2, -0.15) is 13.2 Å². The molecule has 0 atom stereocenters. The van der Waals surface area contributed by atoms with Crippen LogP contribution in [0.2, 0.25) is 0 Å². The summed E-state index contributed by atoms with van der Waals surface area (Å²) in [6, 6.07) is 16.1. The van der Waals surface area contributed by atoms with Crippen LogP contribution in [0.3, 0.4) is 0 Å². The summed E-state index contributed by atoms with van der Waals surface area (Å²) in [7, 11) is 0. The molecule has 1 amide bonds. The molecule has 0 aliphatic heterocycles. The maximum atomic E-state index is 12.6. The van der Waals surface area contributed by atoms with Crippen molar-refractivity contribution < 1.29 is 18.0 Å². The second-order valence-corrected chi connectivity index (χ2v) is 7.79. The average Bonchev–Trinajstić information content (AvgIpc) is 3.18. The van der Waals surface area contributed by atoms with Gasteiger partial charge in [-0.1, -0.05) is 30.3 Å². The number of halogens is 3. The quantitative estimate of drug-likeness (QED) is 0.509. The second-order valence-electron chi connectivity index (χ2n) is 5.74. The van der Waals surface area contributed by atoms with Gasteiger partial charge in [-0.25, -0.2) is 0 Å². The van der Waals surface area contributed by atoms with Gasteiger partial charge in [0.1, 0.15) is 0 Å². The van der Waals surface area contributed by atoms with E-state index in [1.807, 2.05) is 29.6 Å². The zero-order chi connectivity index (χ0) is 19.3. The summed E-state index contributed by atoms with van der Waals surface area (Å²) in [6.45, 7) is 0.168. The number of nitrogens with one attached hydrogen (secondary N) is 1. The third-order valence-corrected chi connectivity index (χ3v) is 6.00. The van der Waals surface area contributed by atoms with Crippen LogP contribution in [0.25, 0.3) is 0 Å². The van der Waals surface area contributed by atoms with Gasteiger partial charge < -0.3 is 5.32 Å². The van der Waals surface area contributed by atoms with E-state index < -0.39 is 11.7 Å². The van der Waals surface area contributed by atoms with E-state index in [4.69, 9.17) is 0 Å². The Hall–Kier alpha value is -2.25. The molecule has 2 nitrogen and oxygen atoms in total. The molecule has 0 aliphatic rings. The molecule has 140 valence electrons. The molecular weight excluding hydrogens is 391 g/mol. The molecule has 1 aromatic heterocycles. The zero-order valence-corrected chi connectivity index (χ0v) is 15.8. The number of alkyl halides is 3. The highest BCUT2D eigenvalue weighted by Crippen LogP contribution is 2.29. The van der Waals surface area contributed by atoms with Crippen LogP contribution in [-0.2, 0) is 18.5 Å². The number of benzene rings is 2. The van der Waals surface area contributed by atoms with Gasteiger partial charge in [-0.05, 0) is 41.3 Å². The van der Waals surface area contributed by atoms with Crippen molar-refractivity contribution in [3.8, 4) is 0 Å². The molecule has 0 radical (unpaired) electrons. The Kier molecular flexibility index (Phi) is 6.23. The smallest absolute Gasteiger partial charge is 0.348 e. The highest BCUT2D eigenvalue weighted by atomic mass is 32.2. The van der Waals surface area contributed by atoms with E-state index in [-0.39, 0.29) is 12.5 Å². The first-order valence-electron chi connectivity index (χ1n) is 8.12. The van der Waals surface area contributed by atoms with Crippen molar-refractivity contribution in [3.63, 3.8) is 0 Å². The van der Waals surface area contributed by atoms with Crippen molar-refractivity contribution in [2.75, 3.05) is 0 Å². The van der Waals surface area contributed by atoms with Gasteiger partial charge in [0.15, 0.2) is 0 Å². The van der Waals surface area contributed by atoms with Crippen LogP contribution in [0.5, 0.6) is 0 Å². The van der Waals surface area contributed by atoms with E-state index in [1.54, 1.807) is 35.2 Å². The molecule has 0 saturated heterocycles. The number of carbonyl (C=O) groups is 1. The lowest BCUT2D eigenvalue weighted by atomic mass is 10.1. The molecule has 3 rings (SSSR count). The lowest BCUT2D eigenvalue weighted by Crippen LogP contribution is -2.23. The van der Waals surface area contributed by atoms with Crippen LogP contribution >= 0.6 is 23.1 Å². The largest absolute Gasteiger partial charge is 0.416 e. The third-order valence-electron chi connectivity index (χ3n) is 3.82. The Balaban J connectivity index is 1.62. The minimum atomic E-state index is -4.36. The molecule has 3 aromatic rings. The predicted octanol–water partition coefficient (Wildman–Crippen LogP) is 5.99. The predicted molar refractivity (Wildman–Crippen MR) is 103 cm³/mol. The first-order valence-corrected chi connectivity index (χ1v) is 9.98. The Morgan fingerprint density at radius 1 is 1.00 bits per heavy atom. The van der Waals surface area contributed by atoms with Crippen LogP contribution < -0.4 is 5.32 Å². The number of hydrogen-bond donors (Lipinski definition) is 1. The van der Waals surface area contributed by atoms with Crippen molar-refractivity contribution in [1.82, 2.24) is 5.32 Å². The Morgan fingerprint density at radius 2 is 1.74 bits per heavy atom. The number of hydrogen-bond acceptors (Lipinski definition) is 3. The summed E-state index contributed by atoms with van der Waals surface area (Å²) in [5.74, 6) is 0.533. The summed E-state index contributed by atoms with van der Waals surface area (Å²) in [4.78, 5) is 14.6. The summed E-state index contributed by atoms with van der Waals surface area (Å²) >= 11 is 3.25. The fourth-order valence-corrected chi connectivity index (χ4v) is 4.24. The summed E-state index contributed by atoms with van der Waals surface area (Å²) < 4.78 is 37.8. The normalized spacial score (nSPS) is 11.4. The first-order chi connectivity index (χ1) is 12.9. The SMILES string of the molecule is O=C(NCc1ccc(C(F)(F)F)cc1)c1ccccc1SCc1cccs1. The lowest BCUT2D eigenvalue weighted by molar-refractivity contribution is -0.137. The maximum Gasteiger partial charge on any atom is 0.416 e. The molecule has 0 fully saturated rings. The molecule has 2 aromatic carbocycles. The van der Waals surface area contributed by atoms with E-state index in [0.717, 1.165) is 22.8 Å². The highest BCUT2D eigenvalue weighted by Gasteiger charge is 2.29. The van der Waals surface area contributed by atoms with E-state index >= 15 is 0 Å². The van der Waals surface area contributed by atoms with Crippen LogP contribution in [-0.4, -0.2) is 5.91 Å². The zero-order valence-electron chi connectivity index (χ0n) is 14.1. The molecule has 0 bridgehead atoms. The Morgan fingerprint density at radius 3 is 2.41 bits per heavy atom. The van der Waals surface area contributed by atoms with Gasteiger partial charge in [0, 0.05) is 22.1 Å². The van der Waals surface area contributed by atoms with Crippen molar-refractivity contribution in [2.45, 2.75) is 23.4 Å². The van der Waals surface area contributed by atoms with E-state index in [9.17, 15) is 18.0 Å². The van der Waals surface area contributed by atoms with Crippen molar-refractivity contribution in [2.24, 2.45) is 0 Å². The van der Waals surface area contributed by atoms with Crippen molar-refractivity contribution in [1.29, 1.82) is 0 Å². The monoisotopic (exact) mass is 407 g/mol. The molecule has 7 heteroatoms. The van der Waals surface area contributed by atoms with Crippen LogP contribution in [0.4, 0.5) is 13.2 Å². The van der Waals surface area contributed by atoms with Gasteiger partial charge in [0.25, 0.3) is 5.91 Å². The van der Waals surface area contributed by atoms with Gasteiger partial charge >= 0.3 is 6.18 Å². The van der Waals surface area contributed by atoms with E-state index in [0.29, 0.717) is 11.1 Å². The maximum absolute atomic E-state index is 12.6. The molecule has 0 unspecified atom stereocenters. The minimum Gasteiger partial charge on any atom is -0.348 e. The minimum absolute atomic E-state index is 0.168. The number of amides is 1. The number of carbonyl (C=O) groups excluding carboxylic acids is 1. The first kappa shape index (κ1) is 19.5.